The van der Waals surface area contributed by atoms with Crippen LogP contribution < -0.4 is 5.32 Å². The zero-order chi connectivity index (χ0) is 14.3. The highest BCUT2D eigenvalue weighted by atomic mass is 35.5. The van der Waals surface area contributed by atoms with E-state index in [1.165, 1.54) is 6.08 Å². The molecule has 0 saturated carbocycles. The van der Waals surface area contributed by atoms with Crippen molar-refractivity contribution in [1.82, 2.24) is 10.3 Å². The molecule has 2 N–H and O–H groups in total. The normalized spacial score (nSPS) is 12.9. The van der Waals surface area contributed by atoms with Gasteiger partial charge in [0.25, 0.3) is 0 Å². The third kappa shape index (κ3) is 5.85. The monoisotopic (exact) mass is 282 g/mol. The molecule has 0 aliphatic heterocycles. The van der Waals surface area contributed by atoms with Crippen molar-refractivity contribution in [2.24, 2.45) is 5.92 Å². The summed E-state index contributed by atoms with van der Waals surface area (Å²) in [5.41, 5.74) is 0.818. The molecule has 0 radical (unpaired) electrons. The van der Waals surface area contributed by atoms with Crippen molar-refractivity contribution < 1.29 is 9.90 Å². The van der Waals surface area contributed by atoms with Gasteiger partial charge in [0.2, 0.25) is 5.91 Å². The fraction of sp³-hybridized carbons (Fsp3) is 0.429. The Morgan fingerprint density at radius 1 is 1.58 bits per heavy atom. The molecule has 1 aromatic rings. The Labute approximate surface area is 118 Å². The molecule has 0 spiro atoms. The highest BCUT2D eigenvalue weighted by Gasteiger charge is 2.13. The van der Waals surface area contributed by atoms with E-state index in [9.17, 15) is 4.79 Å². The predicted molar refractivity (Wildman–Crippen MR) is 76.8 cm³/mol. The van der Waals surface area contributed by atoms with E-state index in [-0.39, 0.29) is 24.5 Å². The molecule has 1 atom stereocenters. The van der Waals surface area contributed by atoms with E-state index in [2.05, 4.69) is 10.3 Å². The Bertz CT molecular complexity index is 447. The van der Waals surface area contributed by atoms with Gasteiger partial charge >= 0.3 is 0 Å². The number of hydrogen-bond donors (Lipinski definition) is 2. The van der Waals surface area contributed by atoms with Gasteiger partial charge in [0.05, 0.1) is 0 Å². The van der Waals surface area contributed by atoms with Crippen LogP contribution in [0.4, 0.5) is 0 Å². The van der Waals surface area contributed by atoms with E-state index in [1.54, 1.807) is 24.4 Å². The summed E-state index contributed by atoms with van der Waals surface area (Å²) >= 11 is 5.75. The molecule has 1 aromatic heterocycles. The van der Waals surface area contributed by atoms with Gasteiger partial charge in [0.15, 0.2) is 0 Å². The zero-order valence-electron chi connectivity index (χ0n) is 11.1. The molecule has 0 bridgehead atoms. The second kappa shape index (κ2) is 7.92. The molecular formula is C14H19ClN2O2. The summed E-state index contributed by atoms with van der Waals surface area (Å²) in [5.74, 6) is 0.0972. The Morgan fingerprint density at radius 3 is 2.89 bits per heavy atom. The van der Waals surface area contributed by atoms with Gasteiger partial charge in [-0.2, -0.15) is 0 Å². The standard InChI is InChI=1S/C14H19ClN2O2/c1-10(2)12(6-8-18)17-14(19)4-3-11-5-7-16-13(15)9-11/h3-5,7,9-10,12,18H,6,8H2,1-2H3,(H,17,19)/b4-3+. The molecule has 19 heavy (non-hydrogen) atoms. The van der Waals surface area contributed by atoms with Crippen LogP contribution in [0.3, 0.4) is 0 Å². The van der Waals surface area contributed by atoms with Crippen LogP contribution in [0.1, 0.15) is 25.8 Å². The Balaban J connectivity index is 2.59. The van der Waals surface area contributed by atoms with E-state index in [1.807, 2.05) is 13.8 Å². The number of hydrogen-bond acceptors (Lipinski definition) is 3. The first-order valence-electron chi connectivity index (χ1n) is 6.24. The van der Waals surface area contributed by atoms with Crippen LogP contribution in [0, 0.1) is 5.92 Å². The van der Waals surface area contributed by atoms with Gasteiger partial charge in [-0.25, -0.2) is 4.98 Å². The molecule has 0 fully saturated rings. The Morgan fingerprint density at radius 2 is 2.32 bits per heavy atom. The van der Waals surface area contributed by atoms with Gasteiger partial charge in [-0.05, 0) is 36.1 Å². The third-order valence-corrected chi connectivity index (χ3v) is 2.96. The second-order valence-corrected chi connectivity index (χ2v) is 5.00. The number of aromatic nitrogens is 1. The number of pyridine rings is 1. The molecule has 0 aliphatic rings. The van der Waals surface area contributed by atoms with E-state index < -0.39 is 0 Å². The van der Waals surface area contributed by atoms with Crippen molar-refractivity contribution >= 4 is 23.6 Å². The molecule has 4 nitrogen and oxygen atoms in total. The van der Waals surface area contributed by atoms with Gasteiger partial charge in [-0.15, -0.1) is 0 Å². The lowest BCUT2D eigenvalue weighted by Gasteiger charge is -2.20. The summed E-state index contributed by atoms with van der Waals surface area (Å²) in [4.78, 5) is 15.6. The van der Waals surface area contributed by atoms with Crippen molar-refractivity contribution in [2.75, 3.05) is 6.61 Å². The number of amides is 1. The third-order valence-electron chi connectivity index (χ3n) is 2.75. The minimum absolute atomic E-state index is 0.0248. The number of nitrogens with one attached hydrogen (secondary N) is 1. The number of rotatable bonds is 6. The van der Waals surface area contributed by atoms with Crippen LogP contribution in [0.25, 0.3) is 6.08 Å². The quantitative estimate of drug-likeness (QED) is 0.621. The fourth-order valence-electron chi connectivity index (χ4n) is 1.64. The minimum atomic E-state index is -0.180. The zero-order valence-corrected chi connectivity index (χ0v) is 11.9. The minimum Gasteiger partial charge on any atom is -0.396 e. The van der Waals surface area contributed by atoms with Crippen molar-refractivity contribution in [3.05, 3.63) is 35.1 Å². The Kier molecular flexibility index (Phi) is 6.53. The molecule has 1 rings (SSSR count). The van der Waals surface area contributed by atoms with Crippen molar-refractivity contribution in [3.8, 4) is 0 Å². The summed E-state index contributed by atoms with van der Waals surface area (Å²) in [6.07, 6.45) is 5.28. The molecule has 5 heteroatoms. The molecule has 0 saturated heterocycles. The summed E-state index contributed by atoms with van der Waals surface area (Å²) in [6.45, 7) is 4.08. The van der Waals surface area contributed by atoms with Gasteiger partial charge in [0.1, 0.15) is 5.15 Å². The highest BCUT2D eigenvalue weighted by Crippen LogP contribution is 2.09. The average molecular weight is 283 g/mol. The number of carbonyl (C=O) groups excluding carboxylic acids is 1. The maximum atomic E-state index is 11.8. The van der Waals surface area contributed by atoms with Crippen molar-refractivity contribution in [2.45, 2.75) is 26.3 Å². The van der Waals surface area contributed by atoms with Crippen LogP contribution >= 0.6 is 11.6 Å². The van der Waals surface area contributed by atoms with Crippen LogP contribution in [-0.2, 0) is 4.79 Å². The number of nitrogens with zero attached hydrogens (tertiary/aromatic N) is 1. The summed E-state index contributed by atoms with van der Waals surface area (Å²) in [7, 11) is 0. The summed E-state index contributed by atoms with van der Waals surface area (Å²) in [5, 5.41) is 12.2. The lowest BCUT2D eigenvalue weighted by Crippen LogP contribution is -2.38. The maximum Gasteiger partial charge on any atom is 0.244 e. The molecule has 1 unspecified atom stereocenters. The van der Waals surface area contributed by atoms with Gasteiger partial charge in [0, 0.05) is 24.9 Å². The number of halogens is 1. The van der Waals surface area contributed by atoms with Crippen LogP contribution in [0.2, 0.25) is 5.15 Å². The van der Waals surface area contributed by atoms with Crippen molar-refractivity contribution in [1.29, 1.82) is 0 Å². The first kappa shape index (κ1) is 15.7. The Hall–Kier alpha value is -1.39. The lowest BCUT2D eigenvalue weighted by molar-refractivity contribution is -0.117. The molecule has 0 aromatic carbocycles. The largest absolute Gasteiger partial charge is 0.396 e. The van der Waals surface area contributed by atoms with Gasteiger partial charge in [-0.1, -0.05) is 25.4 Å². The van der Waals surface area contributed by atoms with Crippen LogP contribution in [-0.4, -0.2) is 28.6 Å². The maximum absolute atomic E-state index is 11.8. The van der Waals surface area contributed by atoms with Gasteiger partial charge in [-0.3, -0.25) is 4.79 Å². The molecule has 1 heterocycles. The number of aliphatic hydroxyl groups is 1. The van der Waals surface area contributed by atoms with Crippen molar-refractivity contribution in [3.63, 3.8) is 0 Å². The predicted octanol–water partition coefficient (Wildman–Crippen LogP) is 2.27. The molecule has 0 aliphatic carbocycles. The fourth-order valence-corrected chi connectivity index (χ4v) is 1.82. The number of aliphatic hydroxyl groups excluding tert-OH is 1. The van der Waals surface area contributed by atoms with E-state index in [0.29, 0.717) is 11.6 Å². The lowest BCUT2D eigenvalue weighted by atomic mass is 10.0. The molecule has 104 valence electrons. The van der Waals surface area contributed by atoms with E-state index >= 15 is 0 Å². The smallest absolute Gasteiger partial charge is 0.244 e. The molecule has 1 amide bonds. The van der Waals surface area contributed by atoms with Gasteiger partial charge < -0.3 is 10.4 Å². The van der Waals surface area contributed by atoms with Crippen LogP contribution in [0.5, 0.6) is 0 Å². The highest BCUT2D eigenvalue weighted by molar-refractivity contribution is 6.29. The average Bonchev–Trinajstić information content (AvgIpc) is 2.36. The van der Waals surface area contributed by atoms with Crippen LogP contribution in [0.15, 0.2) is 24.4 Å². The summed E-state index contributed by atoms with van der Waals surface area (Å²) in [6, 6.07) is 3.42. The van der Waals surface area contributed by atoms with E-state index in [0.717, 1.165) is 5.56 Å². The number of carbonyl (C=O) groups is 1. The topological polar surface area (TPSA) is 62.2 Å². The first-order valence-corrected chi connectivity index (χ1v) is 6.61. The molecular weight excluding hydrogens is 264 g/mol. The van der Waals surface area contributed by atoms with E-state index in [4.69, 9.17) is 16.7 Å². The first-order chi connectivity index (χ1) is 9.02. The second-order valence-electron chi connectivity index (χ2n) is 4.62. The summed E-state index contributed by atoms with van der Waals surface area (Å²) < 4.78 is 0. The SMILES string of the molecule is CC(C)C(CCO)NC(=O)/C=C/c1ccnc(Cl)c1.